The van der Waals surface area contributed by atoms with E-state index in [0.717, 1.165) is 110 Å². The van der Waals surface area contributed by atoms with Crippen molar-refractivity contribution in [3.63, 3.8) is 0 Å². The molecule has 0 amide bonds. The molecule has 0 atom stereocenters. The predicted octanol–water partition coefficient (Wildman–Crippen LogP) is 17.4. The number of hydrogen-bond acceptors (Lipinski definition) is 4. The fraction of sp³-hybridized carbons (Fsp3) is 0. The molecule has 0 saturated heterocycles. The molecule has 0 fully saturated rings. The molecule has 4 aromatic heterocycles. The molecule has 0 N–H and O–H groups in total. The number of hydrogen-bond donors (Lipinski definition) is 0. The van der Waals surface area contributed by atoms with Gasteiger partial charge in [0.25, 0.3) is 0 Å². The van der Waals surface area contributed by atoms with E-state index < -0.39 is 0 Å². The number of aromatic nitrogens is 1. The van der Waals surface area contributed by atoms with Crippen molar-refractivity contribution in [1.29, 1.82) is 0 Å². The summed E-state index contributed by atoms with van der Waals surface area (Å²) in [4.78, 5) is 2.34. The topological polar surface area (TPSA) is 47.6 Å². The molecule has 5 heteroatoms. The summed E-state index contributed by atoms with van der Waals surface area (Å²) in [6.07, 6.45) is 0. The lowest BCUT2D eigenvalue weighted by molar-refractivity contribution is 0.668. The maximum absolute atomic E-state index is 6.79. The predicted molar refractivity (Wildman–Crippen MR) is 270 cm³/mol. The number of rotatable bonds is 4. The summed E-state index contributed by atoms with van der Waals surface area (Å²) >= 11 is 0. The Morgan fingerprint density at radius 1 is 0.277 bits per heavy atom. The molecule has 302 valence electrons. The minimum Gasteiger partial charge on any atom is -0.456 e. The van der Waals surface area contributed by atoms with Crippen molar-refractivity contribution >= 4 is 137 Å². The minimum atomic E-state index is 0.816. The standard InChI is InChI=1S/C60H34N2O3/c1-2-13-40(14-3-1)62-52-25-21-41(32-51(52)60-44-15-7-6-10-35(44)18-24-53(60)62)61(42-19-22-46-48-26-36-11-4-5-12-37(36)29-55(48)64-58(46)33-42)43-20-23-47-50-28-38-27-49-45-16-8-9-17-54(45)63-56(49)30-39(38)31-57(50)65-59(47)34-43/h1-34H. The fourth-order valence-electron chi connectivity index (χ4n) is 10.7. The highest BCUT2D eigenvalue weighted by Gasteiger charge is 2.22. The zero-order chi connectivity index (χ0) is 42.3. The molecule has 0 unspecified atom stereocenters. The van der Waals surface area contributed by atoms with Gasteiger partial charge < -0.3 is 22.7 Å². The van der Waals surface area contributed by atoms with E-state index in [2.05, 4.69) is 204 Å². The van der Waals surface area contributed by atoms with E-state index in [1.54, 1.807) is 0 Å². The second-order valence-corrected chi connectivity index (χ2v) is 17.3. The van der Waals surface area contributed by atoms with Crippen LogP contribution in [0.1, 0.15) is 0 Å². The van der Waals surface area contributed by atoms with Gasteiger partial charge in [-0.2, -0.15) is 0 Å². The van der Waals surface area contributed by atoms with E-state index in [-0.39, 0.29) is 0 Å². The third kappa shape index (κ3) is 5.03. The lowest BCUT2D eigenvalue weighted by atomic mass is 10.0. The van der Waals surface area contributed by atoms with Crippen molar-refractivity contribution in [2.24, 2.45) is 0 Å². The number of furan rings is 3. The lowest BCUT2D eigenvalue weighted by Gasteiger charge is -2.25. The molecule has 15 aromatic rings. The molecule has 4 heterocycles. The van der Waals surface area contributed by atoms with E-state index in [1.807, 2.05) is 12.1 Å². The summed E-state index contributed by atoms with van der Waals surface area (Å²) < 4.78 is 22.1. The van der Waals surface area contributed by atoms with Crippen LogP contribution >= 0.6 is 0 Å². The van der Waals surface area contributed by atoms with Gasteiger partial charge in [-0.3, -0.25) is 0 Å². The Labute approximate surface area is 370 Å². The van der Waals surface area contributed by atoms with Crippen LogP contribution in [0, 0.1) is 0 Å². The van der Waals surface area contributed by atoms with Gasteiger partial charge in [0.05, 0.1) is 11.0 Å². The van der Waals surface area contributed by atoms with E-state index in [4.69, 9.17) is 13.3 Å². The van der Waals surface area contributed by atoms with Crippen molar-refractivity contribution in [2.45, 2.75) is 0 Å². The van der Waals surface area contributed by atoms with Gasteiger partial charge in [0, 0.05) is 78.0 Å². The fourth-order valence-corrected chi connectivity index (χ4v) is 10.7. The van der Waals surface area contributed by atoms with Gasteiger partial charge in [0.1, 0.15) is 33.5 Å². The Morgan fingerprint density at radius 2 is 0.754 bits per heavy atom. The van der Waals surface area contributed by atoms with Crippen LogP contribution in [0.3, 0.4) is 0 Å². The zero-order valence-electron chi connectivity index (χ0n) is 34.7. The molecule has 0 spiro atoms. The van der Waals surface area contributed by atoms with Gasteiger partial charge in [-0.1, -0.05) is 91.0 Å². The van der Waals surface area contributed by atoms with Crippen LogP contribution in [0.15, 0.2) is 220 Å². The third-order valence-corrected chi connectivity index (χ3v) is 13.7. The first-order valence-electron chi connectivity index (χ1n) is 22.0. The molecular weight excluding hydrogens is 797 g/mol. The second-order valence-electron chi connectivity index (χ2n) is 17.3. The first-order valence-corrected chi connectivity index (χ1v) is 22.0. The minimum absolute atomic E-state index is 0.816. The average molecular weight is 831 g/mol. The highest BCUT2D eigenvalue weighted by molar-refractivity contribution is 6.22. The molecule has 15 rings (SSSR count). The zero-order valence-corrected chi connectivity index (χ0v) is 34.7. The van der Waals surface area contributed by atoms with Crippen LogP contribution in [0.4, 0.5) is 17.1 Å². The molecule has 0 saturated carbocycles. The molecular formula is C60H34N2O3. The number of benzene rings is 11. The molecule has 5 nitrogen and oxygen atoms in total. The van der Waals surface area contributed by atoms with E-state index >= 15 is 0 Å². The molecule has 0 aliphatic heterocycles. The summed E-state index contributed by atoms with van der Waals surface area (Å²) in [6.45, 7) is 0. The summed E-state index contributed by atoms with van der Waals surface area (Å²) in [7, 11) is 0. The number of nitrogens with zero attached hydrogens (tertiary/aromatic N) is 2. The smallest absolute Gasteiger partial charge is 0.137 e. The van der Waals surface area contributed by atoms with Gasteiger partial charge in [-0.25, -0.2) is 0 Å². The number of fused-ring (bicyclic) bond motifs is 16. The Morgan fingerprint density at radius 3 is 1.46 bits per heavy atom. The second kappa shape index (κ2) is 12.9. The largest absolute Gasteiger partial charge is 0.456 e. The first-order chi connectivity index (χ1) is 32.2. The van der Waals surface area contributed by atoms with Crippen LogP contribution in [-0.2, 0) is 0 Å². The van der Waals surface area contributed by atoms with Crippen molar-refractivity contribution < 1.29 is 13.3 Å². The van der Waals surface area contributed by atoms with Gasteiger partial charge >= 0.3 is 0 Å². The maximum Gasteiger partial charge on any atom is 0.137 e. The number of anilines is 3. The maximum atomic E-state index is 6.79. The Kier molecular flexibility index (Phi) is 6.89. The Hall–Kier alpha value is -8.80. The summed E-state index contributed by atoms with van der Waals surface area (Å²) in [5, 5.41) is 16.0. The van der Waals surface area contributed by atoms with Crippen LogP contribution < -0.4 is 4.90 Å². The monoisotopic (exact) mass is 830 g/mol. The van der Waals surface area contributed by atoms with E-state index in [1.165, 1.54) is 32.4 Å². The van der Waals surface area contributed by atoms with Crippen LogP contribution in [0.5, 0.6) is 0 Å². The van der Waals surface area contributed by atoms with Crippen molar-refractivity contribution in [2.75, 3.05) is 4.90 Å². The molecule has 65 heavy (non-hydrogen) atoms. The number of para-hydroxylation sites is 2. The van der Waals surface area contributed by atoms with E-state index in [0.29, 0.717) is 0 Å². The van der Waals surface area contributed by atoms with Crippen LogP contribution in [0.2, 0.25) is 0 Å². The van der Waals surface area contributed by atoms with Gasteiger partial charge in [-0.05, 0) is 135 Å². The Bertz CT molecular complexity index is 4490. The normalized spacial score (nSPS) is 12.3. The van der Waals surface area contributed by atoms with Crippen LogP contribution in [-0.4, -0.2) is 4.57 Å². The summed E-state index contributed by atoms with van der Waals surface area (Å²) in [6, 6.07) is 73.8. The SMILES string of the molecule is c1ccc(-n2c3ccc(N(c4ccc5c(c4)oc4cc6ccccc6cc45)c4ccc5c(c4)oc4cc6cc7oc8ccccc8c7cc6cc45)cc3c3c4ccccc4ccc32)cc1. The van der Waals surface area contributed by atoms with Crippen molar-refractivity contribution in [3.8, 4) is 5.69 Å². The lowest BCUT2D eigenvalue weighted by Crippen LogP contribution is -2.09. The molecule has 0 aliphatic rings. The molecule has 0 radical (unpaired) electrons. The van der Waals surface area contributed by atoms with Crippen molar-refractivity contribution in [3.05, 3.63) is 206 Å². The van der Waals surface area contributed by atoms with Crippen LogP contribution in [0.25, 0.3) is 126 Å². The Balaban J connectivity index is 0.963. The van der Waals surface area contributed by atoms with Crippen molar-refractivity contribution in [1.82, 2.24) is 4.57 Å². The highest BCUT2D eigenvalue weighted by Crippen LogP contribution is 2.45. The average Bonchev–Trinajstić information content (AvgIpc) is 4.10. The van der Waals surface area contributed by atoms with E-state index in [9.17, 15) is 0 Å². The van der Waals surface area contributed by atoms with Gasteiger partial charge in [-0.15, -0.1) is 0 Å². The quantitative estimate of drug-likeness (QED) is 0.177. The highest BCUT2D eigenvalue weighted by atomic mass is 16.3. The van der Waals surface area contributed by atoms with Gasteiger partial charge in [0.15, 0.2) is 0 Å². The third-order valence-electron chi connectivity index (χ3n) is 13.7. The first kappa shape index (κ1) is 34.7. The molecule has 11 aromatic carbocycles. The van der Waals surface area contributed by atoms with Gasteiger partial charge in [0.2, 0.25) is 0 Å². The molecule has 0 bridgehead atoms. The molecule has 0 aliphatic carbocycles. The summed E-state index contributed by atoms with van der Waals surface area (Å²) in [5.41, 5.74) is 11.5. The summed E-state index contributed by atoms with van der Waals surface area (Å²) in [5.74, 6) is 0.